The van der Waals surface area contributed by atoms with E-state index in [-0.39, 0.29) is 22.9 Å². The molecule has 0 bridgehead atoms. The summed E-state index contributed by atoms with van der Waals surface area (Å²) in [5.41, 5.74) is -0.0626. The Labute approximate surface area is 150 Å². The molecule has 1 fully saturated rings. The van der Waals surface area contributed by atoms with Gasteiger partial charge in [0.05, 0.1) is 10.5 Å². The fraction of sp³-hybridized carbons (Fsp3) is 0.471. The lowest BCUT2D eigenvalue weighted by Gasteiger charge is -2.22. The zero-order valence-electron chi connectivity index (χ0n) is 14.4. The van der Waals surface area contributed by atoms with Crippen LogP contribution in [-0.4, -0.2) is 35.5 Å². The summed E-state index contributed by atoms with van der Waals surface area (Å²) >= 11 is 0. The van der Waals surface area contributed by atoms with Crippen molar-refractivity contribution >= 4 is 23.6 Å². The van der Waals surface area contributed by atoms with Gasteiger partial charge in [-0.25, -0.2) is 9.59 Å². The second-order valence-electron chi connectivity index (χ2n) is 6.14. The number of esters is 1. The van der Waals surface area contributed by atoms with E-state index >= 15 is 0 Å². The Balaban J connectivity index is 1.83. The summed E-state index contributed by atoms with van der Waals surface area (Å²) in [6.07, 6.45) is 4.98. The Hall–Kier alpha value is -2.97. The maximum atomic E-state index is 12.0. The Morgan fingerprint density at radius 1 is 1.23 bits per heavy atom. The first-order valence-electron chi connectivity index (χ1n) is 8.40. The van der Waals surface area contributed by atoms with E-state index < -0.39 is 29.4 Å². The Bertz CT molecular complexity index is 712. The van der Waals surface area contributed by atoms with Gasteiger partial charge in [0, 0.05) is 17.7 Å². The van der Waals surface area contributed by atoms with E-state index in [4.69, 9.17) is 4.74 Å². The average molecular weight is 363 g/mol. The van der Waals surface area contributed by atoms with Crippen LogP contribution >= 0.6 is 0 Å². The molecule has 0 spiro atoms. The molecule has 1 aromatic carbocycles. The third-order valence-corrected chi connectivity index (χ3v) is 4.25. The largest absolute Gasteiger partial charge is 0.452 e. The molecule has 0 aromatic heterocycles. The first-order chi connectivity index (χ1) is 12.4. The number of nitro groups is 1. The SMILES string of the molecule is Cc1c(C(=O)OCC(=O)NC(=O)NC2CCCCC2)cccc1[N+](=O)[O-]. The molecule has 9 nitrogen and oxygen atoms in total. The van der Waals surface area contributed by atoms with E-state index in [1.54, 1.807) is 0 Å². The van der Waals surface area contributed by atoms with Crippen molar-refractivity contribution in [3.05, 3.63) is 39.4 Å². The number of hydrogen-bond acceptors (Lipinski definition) is 6. The third-order valence-electron chi connectivity index (χ3n) is 4.25. The predicted molar refractivity (Wildman–Crippen MR) is 91.7 cm³/mol. The number of amides is 3. The van der Waals surface area contributed by atoms with Gasteiger partial charge in [0.2, 0.25) is 0 Å². The minimum absolute atomic E-state index is 0.00124. The van der Waals surface area contributed by atoms with Crippen molar-refractivity contribution in [1.29, 1.82) is 0 Å². The molecule has 2 rings (SSSR count). The van der Waals surface area contributed by atoms with Crippen LogP contribution in [0, 0.1) is 17.0 Å². The van der Waals surface area contributed by atoms with Gasteiger partial charge >= 0.3 is 12.0 Å². The standard InChI is InChI=1S/C17H21N3O6/c1-11-13(8-5-9-14(11)20(24)25)16(22)26-10-15(21)19-17(23)18-12-6-3-2-4-7-12/h5,8-9,12H,2-4,6-7,10H2,1H3,(H2,18,19,21,23). The number of imide groups is 1. The summed E-state index contributed by atoms with van der Waals surface area (Å²) < 4.78 is 4.84. The van der Waals surface area contributed by atoms with Crippen LogP contribution in [0.15, 0.2) is 18.2 Å². The van der Waals surface area contributed by atoms with Crippen LogP contribution < -0.4 is 10.6 Å². The first-order valence-corrected chi connectivity index (χ1v) is 8.40. The van der Waals surface area contributed by atoms with E-state index in [0.717, 1.165) is 32.1 Å². The number of nitrogens with one attached hydrogen (secondary N) is 2. The van der Waals surface area contributed by atoms with Gasteiger partial charge in [0.15, 0.2) is 6.61 Å². The van der Waals surface area contributed by atoms with E-state index in [1.807, 2.05) is 0 Å². The Morgan fingerprint density at radius 2 is 1.92 bits per heavy atom. The molecule has 0 atom stereocenters. The molecule has 1 aliphatic carbocycles. The maximum absolute atomic E-state index is 12.0. The van der Waals surface area contributed by atoms with Crippen molar-refractivity contribution in [1.82, 2.24) is 10.6 Å². The van der Waals surface area contributed by atoms with Crippen LogP contribution in [0.5, 0.6) is 0 Å². The maximum Gasteiger partial charge on any atom is 0.339 e. The normalized spacial score (nSPS) is 14.3. The van der Waals surface area contributed by atoms with E-state index in [0.29, 0.717) is 0 Å². The number of rotatable bonds is 5. The van der Waals surface area contributed by atoms with Gasteiger partial charge in [-0.05, 0) is 25.8 Å². The smallest absolute Gasteiger partial charge is 0.339 e. The molecule has 26 heavy (non-hydrogen) atoms. The van der Waals surface area contributed by atoms with Gasteiger partial charge in [-0.15, -0.1) is 0 Å². The molecule has 1 aliphatic rings. The highest BCUT2D eigenvalue weighted by Gasteiger charge is 2.21. The molecule has 140 valence electrons. The van der Waals surface area contributed by atoms with Crippen LogP contribution in [0.4, 0.5) is 10.5 Å². The van der Waals surface area contributed by atoms with Crippen molar-refractivity contribution < 1.29 is 24.0 Å². The summed E-state index contributed by atoms with van der Waals surface area (Å²) in [6.45, 7) is 0.769. The highest BCUT2D eigenvalue weighted by atomic mass is 16.6. The van der Waals surface area contributed by atoms with Crippen molar-refractivity contribution in [2.75, 3.05) is 6.61 Å². The number of benzene rings is 1. The van der Waals surface area contributed by atoms with Gasteiger partial charge < -0.3 is 10.1 Å². The molecule has 0 saturated heterocycles. The van der Waals surface area contributed by atoms with Crippen LogP contribution in [0.2, 0.25) is 0 Å². The summed E-state index contributed by atoms with van der Waals surface area (Å²) in [6, 6.07) is 3.43. The van der Waals surface area contributed by atoms with Crippen molar-refractivity contribution in [2.24, 2.45) is 0 Å². The second kappa shape index (κ2) is 8.93. The monoisotopic (exact) mass is 363 g/mol. The van der Waals surface area contributed by atoms with Gasteiger partial charge in [-0.3, -0.25) is 20.2 Å². The lowest BCUT2D eigenvalue weighted by molar-refractivity contribution is -0.385. The Morgan fingerprint density at radius 3 is 2.58 bits per heavy atom. The van der Waals surface area contributed by atoms with Crippen molar-refractivity contribution in [3.63, 3.8) is 0 Å². The molecular weight excluding hydrogens is 342 g/mol. The zero-order chi connectivity index (χ0) is 19.1. The second-order valence-corrected chi connectivity index (χ2v) is 6.14. The van der Waals surface area contributed by atoms with Crippen LogP contribution in [-0.2, 0) is 9.53 Å². The van der Waals surface area contributed by atoms with Crippen LogP contribution in [0.3, 0.4) is 0 Å². The molecule has 1 saturated carbocycles. The molecule has 2 N–H and O–H groups in total. The molecule has 1 aromatic rings. The summed E-state index contributed by atoms with van der Waals surface area (Å²) in [5, 5.41) is 15.7. The highest BCUT2D eigenvalue weighted by molar-refractivity contribution is 5.97. The van der Waals surface area contributed by atoms with E-state index in [9.17, 15) is 24.5 Å². The van der Waals surface area contributed by atoms with Crippen LogP contribution in [0.25, 0.3) is 0 Å². The number of hydrogen-bond donors (Lipinski definition) is 2. The molecular formula is C17H21N3O6. The van der Waals surface area contributed by atoms with Gasteiger partial charge in [0.1, 0.15) is 0 Å². The third kappa shape index (κ3) is 5.27. The topological polar surface area (TPSA) is 128 Å². The quantitative estimate of drug-likeness (QED) is 0.469. The summed E-state index contributed by atoms with van der Waals surface area (Å²) in [5.74, 6) is -1.64. The average Bonchev–Trinajstić information content (AvgIpc) is 2.60. The molecule has 9 heteroatoms. The number of nitrogens with zero attached hydrogens (tertiary/aromatic N) is 1. The van der Waals surface area contributed by atoms with Gasteiger partial charge in [-0.1, -0.05) is 25.3 Å². The van der Waals surface area contributed by atoms with E-state index in [1.165, 1.54) is 25.1 Å². The summed E-state index contributed by atoms with van der Waals surface area (Å²) in [7, 11) is 0. The van der Waals surface area contributed by atoms with Crippen molar-refractivity contribution in [2.45, 2.75) is 45.1 Å². The molecule has 0 radical (unpaired) electrons. The first kappa shape index (κ1) is 19.4. The number of carbonyl (C=O) groups excluding carboxylic acids is 3. The van der Waals surface area contributed by atoms with Crippen LogP contribution in [0.1, 0.15) is 48.0 Å². The number of nitro benzene ring substituents is 1. The zero-order valence-corrected chi connectivity index (χ0v) is 14.4. The van der Waals surface area contributed by atoms with E-state index in [2.05, 4.69) is 10.6 Å². The minimum Gasteiger partial charge on any atom is -0.452 e. The summed E-state index contributed by atoms with van der Waals surface area (Å²) in [4.78, 5) is 45.8. The predicted octanol–water partition coefficient (Wildman–Crippen LogP) is 2.22. The Kier molecular flexibility index (Phi) is 6.65. The number of carbonyl (C=O) groups is 3. The molecule has 0 heterocycles. The molecule has 3 amide bonds. The fourth-order valence-corrected chi connectivity index (χ4v) is 2.88. The lowest BCUT2D eigenvalue weighted by atomic mass is 9.96. The minimum atomic E-state index is -0.867. The lowest BCUT2D eigenvalue weighted by Crippen LogP contribution is -2.46. The fourth-order valence-electron chi connectivity index (χ4n) is 2.88. The molecule has 0 unspecified atom stereocenters. The number of urea groups is 1. The highest BCUT2D eigenvalue weighted by Crippen LogP contribution is 2.21. The van der Waals surface area contributed by atoms with Crippen molar-refractivity contribution in [3.8, 4) is 0 Å². The molecule has 0 aliphatic heterocycles. The number of ether oxygens (including phenoxy) is 1. The van der Waals surface area contributed by atoms with Gasteiger partial charge in [-0.2, -0.15) is 0 Å². The van der Waals surface area contributed by atoms with Gasteiger partial charge in [0.25, 0.3) is 11.6 Å².